The van der Waals surface area contributed by atoms with Gasteiger partial charge in [0.15, 0.2) is 0 Å². The van der Waals surface area contributed by atoms with Gasteiger partial charge in [0.1, 0.15) is 5.78 Å². The van der Waals surface area contributed by atoms with Gasteiger partial charge in [0.2, 0.25) is 0 Å². The molecule has 1 aromatic heterocycles. The van der Waals surface area contributed by atoms with Crippen LogP contribution in [0.4, 0.5) is 0 Å². The number of carbonyl (C=O) groups is 1. The molecule has 0 spiro atoms. The van der Waals surface area contributed by atoms with E-state index in [4.69, 9.17) is 0 Å². The van der Waals surface area contributed by atoms with Crippen molar-refractivity contribution in [2.24, 2.45) is 0 Å². The third-order valence-electron chi connectivity index (χ3n) is 2.62. The summed E-state index contributed by atoms with van der Waals surface area (Å²) in [6.45, 7) is 11.5. The Kier molecular flexibility index (Phi) is 5.02. The van der Waals surface area contributed by atoms with Gasteiger partial charge in [0.25, 0.3) is 0 Å². The lowest BCUT2D eigenvalue weighted by atomic mass is 10.3. The quantitative estimate of drug-likeness (QED) is 0.686. The number of allylic oxidation sites excluding steroid dienone is 2. The summed E-state index contributed by atoms with van der Waals surface area (Å²) in [6, 6.07) is 0. The van der Waals surface area contributed by atoms with Crippen molar-refractivity contribution in [1.82, 2.24) is 13.7 Å². The largest absolute Gasteiger partial charge is 0.337 e. The van der Waals surface area contributed by atoms with E-state index >= 15 is 0 Å². The molecule has 1 rings (SSSR count). The fourth-order valence-electron chi connectivity index (χ4n) is 1.85. The molecule has 0 aliphatic heterocycles. The summed E-state index contributed by atoms with van der Waals surface area (Å²) in [6.07, 6.45) is 0. The minimum absolute atomic E-state index is 0.00789. The Bertz CT molecular complexity index is 642. The van der Waals surface area contributed by atoms with E-state index in [9.17, 15) is 19.2 Å². The minimum Gasteiger partial charge on any atom is -0.298 e. The van der Waals surface area contributed by atoms with E-state index in [-0.39, 0.29) is 25.4 Å². The number of hydrogen-bond acceptors (Lipinski definition) is 4. The van der Waals surface area contributed by atoms with Crippen LogP contribution in [-0.4, -0.2) is 19.5 Å². The summed E-state index contributed by atoms with van der Waals surface area (Å²) < 4.78 is 2.56. The molecule has 0 aromatic carbocycles. The fourth-order valence-corrected chi connectivity index (χ4v) is 1.85. The molecule has 0 fully saturated rings. The molecule has 114 valence electrons. The van der Waals surface area contributed by atoms with Gasteiger partial charge in [-0.15, -0.1) is 0 Å². The maximum Gasteiger partial charge on any atom is 0.337 e. The van der Waals surface area contributed by atoms with E-state index < -0.39 is 17.1 Å². The molecule has 0 bridgehead atoms. The van der Waals surface area contributed by atoms with Gasteiger partial charge in [-0.05, 0) is 20.8 Å². The van der Waals surface area contributed by atoms with Gasteiger partial charge >= 0.3 is 17.1 Å². The monoisotopic (exact) mass is 293 g/mol. The number of rotatable bonds is 6. The maximum atomic E-state index is 12.3. The highest BCUT2D eigenvalue weighted by molar-refractivity contribution is 5.75. The summed E-state index contributed by atoms with van der Waals surface area (Å²) >= 11 is 0. The summed E-state index contributed by atoms with van der Waals surface area (Å²) in [5.41, 5.74) is -1.16. The molecule has 0 saturated carbocycles. The van der Waals surface area contributed by atoms with Gasteiger partial charge in [-0.2, -0.15) is 0 Å². The Morgan fingerprint density at radius 3 is 1.29 bits per heavy atom. The lowest BCUT2D eigenvalue weighted by Gasteiger charge is -2.13. The van der Waals surface area contributed by atoms with Crippen LogP contribution >= 0.6 is 0 Å². The average Bonchev–Trinajstić information content (AvgIpc) is 2.35. The number of aromatic nitrogens is 3. The van der Waals surface area contributed by atoms with Crippen LogP contribution in [0, 0.1) is 0 Å². The number of Topliss-reactive ketones (excluding diaryl/α,β-unsaturated/α-hetero) is 1. The van der Waals surface area contributed by atoms with Crippen molar-refractivity contribution in [1.29, 1.82) is 0 Å². The zero-order chi connectivity index (χ0) is 16.3. The first kappa shape index (κ1) is 16.6. The highest BCUT2D eigenvalue weighted by atomic mass is 16.2. The standard InChI is InChI=1S/C14H19N3O4/c1-9(2)6-15-12(19)16(7-10(3)4)14(21)17(13(15)20)8-11(5)18/h1,3,6-8H2,2,4-5H3. The van der Waals surface area contributed by atoms with Crippen LogP contribution in [0.3, 0.4) is 0 Å². The van der Waals surface area contributed by atoms with Crippen molar-refractivity contribution in [3.05, 3.63) is 55.8 Å². The molecule has 0 aliphatic rings. The highest BCUT2D eigenvalue weighted by Crippen LogP contribution is 1.91. The Balaban J connectivity index is 3.73. The molecule has 0 amide bonds. The second-order valence-electron chi connectivity index (χ2n) is 5.22. The van der Waals surface area contributed by atoms with Gasteiger partial charge < -0.3 is 0 Å². The van der Waals surface area contributed by atoms with E-state index in [0.717, 1.165) is 13.7 Å². The Morgan fingerprint density at radius 2 is 1.05 bits per heavy atom. The Labute approximate surface area is 121 Å². The second-order valence-corrected chi connectivity index (χ2v) is 5.22. The van der Waals surface area contributed by atoms with E-state index in [1.807, 2.05) is 0 Å². The molecule has 0 unspecified atom stereocenters. The average molecular weight is 293 g/mol. The Morgan fingerprint density at radius 1 is 0.762 bits per heavy atom. The minimum atomic E-state index is -0.804. The second kappa shape index (κ2) is 6.34. The third kappa shape index (κ3) is 3.77. The SMILES string of the molecule is C=C(C)Cn1c(=O)n(CC(=C)C)c(=O)n(CC(C)=O)c1=O. The molecule has 0 radical (unpaired) electrons. The summed E-state index contributed by atoms with van der Waals surface area (Å²) in [7, 11) is 0. The highest BCUT2D eigenvalue weighted by Gasteiger charge is 2.16. The van der Waals surface area contributed by atoms with E-state index in [1.54, 1.807) is 13.8 Å². The van der Waals surface area contributed by atoms with Gasteiger partial charge in [0, 0.05) is 0 Å². The predicted molar refractivity (Wildman–Crippen MR) is 79.5 cm³/mol. The number of hydrogen-bond donors (Lipinski definition) is 0. The summed E-state index contributed by atoms with van der Waals surface area (Å²) in [4.78, 5) is 47.9. The van der Waals surface area contributed by atoms with Crippen LogP contribution in [0.5, 0.6) is 0 Å². The van der Waals surface area contributed by atoms with Crippen molar-refractivity contribution >= 4 is 5.78 Å². The van der Waals surface area contributed by atoms with Crippen molar-refractivity contribution < 1.29 is 4.79 Å². The molecular formula is C14H19N3O4. The molecular weight excluding hydrogens is 274 g/mol. The fraction of sp³-hybridized carbons (Fsp3) is 0.429. The van der Waals surface area contributed by atoms with Crippen LogP contribution in [0.2, 0.25) is 0 Å². The summed E-state index contributed by atoms with van der Waals surface area (Å²) in [5, 5.41) is 0. The third-order valence-corrected chi connectivity index (χ3v) is 2.62. The smallest absolute Gasteiger partial charge is 0.298 e. The van der Waals surface area contributed by atoms with E-state index in [2.05, 4.69) is 13.2 Å². The van der Waals surface area contributed by atoms with Crippen LogP contribution in [0.1, 0.15) is 20.8 Å². The molecule has 0 N–H and O–H groups in total. The number of carbonyl (C=O) groups excluding carboxylic acids is 1. The van der Waals surface area contributed by atoms with Gasteiger partial charge in [0.05, 0.1) is 19.6 Å². The van der Waals surface area contributed by atoms with Gasteiger partial charge in [-0.25, -0.2) is 28.1 Å². The lowest BCUT2D eigenvalue weighted by molar-refractivity contribution is -0.117. The van der Waals surface area contributed by atoms with Crippen molar-refractivity contribution in [3.63, 3.8) is 0 Å². The number of nitrogens with zero attached hydrogens (tertiary/aromatic N) is 3. The van der Waals surface area contributed by atoms with Crippen LogP contribution in [0.25, 0.3) is 0 Å². The topological polar surface area (TPSA) is 83.1 Å². The van der Waals surface area contributed by atoms with E-state index in [1.165, 1.54) is 6.92 Å². The van der Waals surface area contributed by atoms with Crippen molar-refractivity contribution in [3.8, 4) is 0 Å². The van der Waals surface area contributed by atoms with Crippen LogP contribution in [-0.2, 0) is 24.4 Å². The lowest BCUT2D eigenvalue weighted by Crippen LogP contribution is -2.55. The Hall–Kier alpha value is -2.44. The van der Waals surface area contributed by atoms with E-state index in [0.29, 0.717) is 11.1 Å². The first-order valence-electron chi connectivity index (χ1n) is 6.37. The van der Waals surface area contributed by atoms with Gasteiger partial charge in [-0.1, -0.05) is 24.3 Å². The first-order valence-corrected chi connectivity index (χ1v) is 6.37. The zero-order valence-corrected chi connectivity index (χ0v) is 12.5. The summed E-state index contributed by atoms with van der Waals surface area (Å²) in [5.74, 6) is -0.350. The molecule has 1 heterocycles. The molecule has 21 heavy (non-hydrogen) atoms. The predicted octanol–water partition coefficient (Wildman–Crippen LogP) is -0.0871. The molecule has 7 heteroatoms. The molecule has 1 aromatic rings. The van der Waals surface area contributed by atoms with Crippen molar-refractivity contribution in [2.45, 2.75) is 40.4 Å². The molecule has 0 aliphatic carbocycles. The van der Waals surface area contributed by atoms with Crippen LogP contribution < -0.4 is 17.1 Å². The normalized spacial score (nSPS) is 10.4. The van der Waals surface area contributed by atoms with Crippen LogP contribution in [0.15, 0.2) is 38.7 Å². The number of ketones is 1. The first-order chi connectivity index (χ1) is 9.65. The van der Waals surface area contributed by atoms with Crippen molar-refractivity contribution in [2.75, 3.05) is 0 Å². The molecule has 0 saturated heterocycles. The molecule has 7 nitrogen and oxygen atoms in total. The van der Waals surface area contributed by atoms with Gasteiger partial charge in [-0.3, -0.25) is 4.79 Å². The maximum absolute atomic E-state index is 12.3. The molecule has 0 atom stereocenters. The zero-order valence-electron chi connectivity index (χ0n) is 12.5.